The maximum absolute atomic E-state index is 13.7. The fourth-order valence-electron chi connectivity index (χ4n) is 1.51. The van der Waals surface area contributed by atoms with Gasteiger partial charge in [-0.05, 0) is 36.4 Å². The monoisotopic (exact) mass is 468 g/mol. The zero-order valence-corrected chi connectivity index (χ0v) is 15.3. The molecule has 0 aliphatic rings. The van der Waals surface area contributed by atoms with Gasteiger partial charge >= 0.3 is 0 Å². The first-order chi connectivity index (χ1) is 10.4. The highest BCUT2D eigenvalue weighted by Crippen LogP contribution is 2.19. The van der Waals surface area contributed by atoms with E-state index in [2.05, 4.69) is 42.1 Å². The highest BCUT2D eigenvalue weighted by Gasteiger charge is 2.10. The molecule has 0 bridgehead atoms. The summed E-state index contributed by atoms with van der Waals surface area (Å²) in [4.78, 5) is 0. The fourth-order valence-corrected chi connectivity index (χ4v) is 2.56. The summed E-state index contributed by atoms with van der Waals surface area (Å²) >= 11 is 18.0. The van der Waals surface area contributed by atoms with Gasteiger partial charge in [-0.1, -0.05) is 55.1 Å². The molecule has 0 aromatic heterocycles. The van der Waals surface area contributed by atoms with Crippen LogP contribution < -0.4 is 0 Å². The summed E-state index contributed by atoms with van der Waals surface area (Å²) in [5, 5.41) is 6.87. The van der Waals surface area contributed by atoms with E-state index in [9.17, 15) is 8.78 Å². The lowest BCUT2D eigenvalue weighted by Crippen LogP contribution is -1.98. The Kier molecular flexibility index (Phi) is 6.09. The van der Waals surface area contributed by atoms with E-state index in [1.54, 1.807) is 12.1 Å². The first-order valence-corrected chi connectivity index (χ1v) is 8.10. The third-order valence-corrected chi connectivity index (χ3v) is 4.08. The number of hydrogen-bond acceptors (Lipinski definition) is 2. The molecule has 0 atom stereocenters. The van der Waals surface area contributed by atoms with Crippen LogP contribution in [0.1, 0.15) is 11.1 Å². The molecule has 0 saturated heterocycles. The Morgan fingerprint density at radius 1 is 0.773 bits per heavy atom. The molecule has 0 aliphatic heterocycles. The van der Waals surface area contributed by atoms with Gasteiger partial charge < -0.3 is 0 Å². The van der Waals surface area contributed by atoms with Crippen molar-refractivity contribution in [3.8, 4) is 0 Å². The van der Waals surface area contributed by atoms with Crippen molar-refractivity contribution in [1.82, 2.24) is 0 Å². The van der Waals surface area contributed by atoms with Gasteiger partial charge in [0.2, 0.25) is 0 Å². The predicted molar refractivity (Wildman–Crippen MR) is 93.0 cm³/mol. The number of hydrogen-bond donors (Lipinski definition) is 0. The summed E-state index contributed by atoms with van der Waals surface area (Å²) in [5.41, 5.74) is 0.128. The van der Waals surface area contributed by atoms with Gasteiger partial charge in [0.15, 0.2) is 10.3 Å². The Labute approximate surface area is 152 Å². The van der Waals surface area contributed by atoms with Crippen molar-refractivity contribution in [2.45, 2.75) is 0 Å². The maximum atomic E-state index is 13.7. The van der Waals surface area contributed by atoms with Gasteiger partial charge in [0.25, 0.3) is 0 Å². The second kappa shape index (κ2) is 7.64. The smallest absolute Gasteiger partial charge is 0.161 e. The fraction of sp³-hybridized carbons (Fsp3) is 0. The lowest BCUT2D eigenvalue weighted by atomic mass is 10.2. The van der Waals surface area contributed by atoms with Gasteiger partial charge in [-0.2, -0.15) is 0 Å². The molecular formula is C14H6Br2Cl2F2N2. The quantitative estimate of drug-likeness (QED) is 0.384. The first-order valence-electron chi connectivity index (χ1n) is 5.76. The summed E-state index contributed by atoms with van der Waals surface area (Å²) in [6, 6.07) is 8.58. The van der Waals surface area contributed by atoms with Crippen LogP contribution in [-0.4, -0.2) is 10.3 Å². The van der Waals surface area contributed by atoms with E-state index in [1.807, 2.05) is 0 Å². The topological polar surface area (TPSA) is 24.7 Å². The van der Waals surface area contributed by atoms with E-state index in [0.29, 0.717) is 8.95 Å². The number of rotatable bonds is 3. The molecule has 0 unspecified atom stereocenters. The highest BCUT2D eigenvalue weighted by molar-refractivity contribution is 9.10. The Bertz CT molecular complexity index is 714. The van der Waals surface area contributed by atoms with Crippen molar-refractivity contribution in [2.75, 3.05) is 0 Å². The summed E-state index contributed by atoms with van der Waals surface area (Å²) in [5.74, 6) is -1.13. The van der Waals surface area contributed by atoms with Crippen molar-refractivity contribution in [3.05, 3.63) is 68.1 Å². The normalized spacial score (nSPS) is 12.6. The molecule has 0 spiro atoms. The van der Waals surface area contributed by atoms with Crippen LogP contribution in [0, 0.1) is 11.6 Å². The molecule has 2 rings (SSSR count). The average Bonchev–Trinajstić information content (AvgIpc) is 2.44. The van der Waals surface area contributed by atoms with Crippen molar-refractivity contribution >= 4 is 65.4 Å². The minimum absolute atomic E-state index is 0.0642. The third kappa shape index (κ3) is 4.35. The van der Waals surface area contributed by atoms with Gasteiger partial charge in [0.1, 0.15) is 11.6 Å². The van der Waals surface area contributed by atoms with Gasteiger partial charge in [-0.3, -0.25) is 0 Å². The molecule has 0 fully saturated rings. The van der Waals surface area contributed by atoms with E-state index >= 15 is 0 Å². The molecule has 0 N–H and O–H groups in total. The summed E-state index contributed by atoms with van der Waals surface area (Å²) < 4.78 is 28.6. The van der Waals surface area contributed by atoms with E-state index in [0.717, 1.165) is 0 Å². The minimum atomic E-state index is -0.565. The molecule has 0 amide bonds. The van der Waals surface area contributed by atoms with Gasteiger partial charge in [-0.25, -0.2) is 8.78 Å². The van der Waals surface area contributed by atoms with Crippen LogP contribution in [-0.2, 0) is 0 Å². The van der Waals surface area contributed by atoms with Crippen LogP contribution >= 0.6 is 55.1 Å². The largest absolute Gasteiger partial charge is 0.206 e. The van der Waals surface area contributed by atoms with Crippen LogP contribution in [0.25, 0.3) is 0 Å². The van der Waals surface area contributed by atoms with Crippen molar-refractivity contribution < 1.29 is 8.78 Å². The molecule has 2 nitrogen and oxygen atoms in total. The lowest BCUT2D eigenvalue weighted by Gasteiger charge is -2.01. The predicted octanol–water partition coefficient (Wildman–Crippen LogP) is 6.08. The van der Waals surface area contributed by atoms with Crippen LogP contribution in [0.4, 0.5) is 8.78 Å². The van der Waals surface area contributed by atoms with Crippen LogP contribution in [0.3, 0.4) is 0 Å². The second-order valence-corrected chi connectivity index (χ2v) is 6.58. The molecule has 114 valence electrons. The van der Waals surface area contributed by atoms with Crippen molar-refractivity contribution in [3.63, 3.8) is 0 Å². The lowest BCUT2D eigenvalue weighted by molar-refractivity contribution is 0.624. The van der Waals surface area contributed by atoms with Gasteiger partial charge in [-0.15, -0.1) is 10.2 Å². The minimum Gasteiger partial charge on any atom is -0.206 e. The first kappa shape index (κ1) is 17.5. The number of halogens is 6. The Morgan fingerprint density at radius 3 is 1.45 bits per heavy atom. The molecule has 22 heavy (non-hydrogen) atoms. The van der Waals surface area contributed by atoms with E-state index in [4.69, 9.17) is 23.2 Å². The zero-order chi connectivity index (χ0) is 16.3. The molecule has 0 heterocycles. The van der Waals surface area contributed by atoms with Crippen molar-refractivity contribution in [2.24, 2.45) is 10.2 Å². The van der Waals surface area contributed by atoms with Crippen LogP contribution in [0.15, 0.2) is 55.5 Å². The molecule has 2 aromatic carbocycles. The van der Waals surface area contributed by atoms with E-state index in [-0.39, 0.29) is 21.5 Å². The summed E-state index contributed by atoms with van der Waals surface area (Å²) in [7, 11) is 0. The third-order valence-electron chi connectivity index (χ3n) is 2.53. The second-order valence-electron chi connectivity index (χ2n) is 4.03. The zero-order valence-electron chi connectivity index (χ0n) is 10.6. The van der Waals surface area contributed by atoms with Crippen LogP contribution in [0.2, 0.25) is 0 Å². The van der Waals surface area contributed by atoms with E-state index in [1.165, 1.54) is 24.3 Å². The molecule has 0 saturated carbocycles. The highest BCUT2D eigenvalue weighted by atomic mass is 79.9. The Morgan fingerprint density at radius 2 is 1.14 bits per heavy atom. The molecule has 2 aromatic rings. The van der Waals surface area contributed by atoms with E-state index < -0.39 is 11.6 Å². The summed E-state index contributed by atoms with van der Waals surface area (Å²) in [6.45, 7) is 0. The Hall–Kier alpha value is -0.820. The average molecular weight is 471 g/mol. The molecular weight excluding hydrogens is 465 g/mol. The Balaban J connectivity index is 2.32. The van der Waals surface area contributed by atoms with Crippen molar-refractivity contribution in [1.29, 1.82) is 0 Å². The summed E-state index contributed by atoms with van der Waals surface area (Å²) in [6.07, 6.45) is 0. The number of benzene rings is 2. The van der Waals surface area contributed by atoms with Crippen LogP contribution in [0.5, 0.6) is 0 Å². The molecule has 8 heteroatoms. The van der Waals surface area contributed by atoms with Gasteiger partial charge in [0, 0.05) is 20.1 Å². The standard InChI is InChI=1S/C14H6Br2Cl2F2N2/c15-7-1-3-9(11(19)5-7)13(17)21-22-14(18)10-4-2-8(16)6-12(10)20/h1-6H/b21-13-,22-14-. The number of nitrogens with zero attached hydrogens (tertiary/aromatic N) is 2. The van der Waals surface area contributed by atoms with Gasteiger partial charge in [0.05, 0.1) is 0 Å². The SMILES string of the molecule is Fc1cc(Br)ccc1/C(Cl)=N/N=C(\Cl)c1ccc(Br)cc1F. The maximum Gasteiger partial charge on any atom is 0.161 e. The molecule has 0 aliphatic carbocycles. The molecule has 0 radical (unpaired) electrons.